The number of rotatable bonds is 5. The molecule has 1 heterocycles. The lowest BCUT2D eigenvalue weighted by molar-refractivity contribution is 0.157. The normalized spacial score (nSPS) is 29.3. The van der Waals surface area contributed by atoms with E-state index in [0.29, 0.717) is 0 Å². The smallest absolute Gasteiger partial charge is 0.0220 e. The summed E-state index contributed by atoms with van der Waals surface area (Å²) in [7, 11) is 2.17. The predicted molar refractivity (Wildman–Crippen MR) is 78.9 cm³/mol. The molecule has 2 unspecified atom stereocenters. The Labute approximate surface area is 114 Å². The van der Waals surface area contributed by atoms with E-state index in [4.69, 9.17) is 0 Å². The molecule has 0 aromatic rings. The maximum absolute atomic E-state index is 3.61. The minimum Gasteiger partial charge on any atom is -0.315 e. The molecule has 2 rings (SSSR count). The molecule has 0 aromatic heterocycles. The van der Waals surface area contributed by atoms with Crippen molar-refractivity contribution in [1.29, 1.82) is 0 Å². The van der Waals surface area contributed by atoms with E-state index in [9.17, 15) is 0 Å². The first-order valence-corrected chi connectivity index (χ1v) is 8.26. The van der Waals surface area contributed by atoms with Crippen molar-refractivity contribution >= 4 is 0 Å². The van der Waals surface area contributed by atoms with Crippen LogP contribution in [0.3, 0.4) is 0 Å². The van der Waals surface area contributed by atoms with Gasteiger partial charge in [-0.05, 0) is 51.6 Å². The number of hydrogen-bond donors (Lipinski definition) is 1. The van der Waals surface area contributed by atoms with Gasteiger partial charge in [0.05, 0.1) is 0 Å². The van der Waals surface area contributed by atoms with Gasteiger partial charge in [0.15, 0.2) is 0 Å². The second-order valence-corrected chi connectivity index (χ2v) is 6.35. The SMILES string of the molecule is CCC1CCCCCN1CC(NC)C1CCCC1. The molecule has 2 atom stereocenters. The minimum absolute atomic E-state index is 0.736. The van der Waals surface area contributed by atoms with E-state index in [1.165, 1.54) is 70.9 Å². The van der Waals surface area contributed by atoms with Gasteiger partial charge in [-0.1, -0.05) is 32.6 Å². The molecule has 0 bridgehead atoms. The highest BCUT2D eigenvalue weighted by molar-refractivity contribution is 4.85. The van der Waals surface area contributed by atoms with Gasteiger partial charge in [0, 0.05) is 18.6 Å². The van der Waals surface area contributed by atoms with Crippen LogP contribution in [0.2, 0.25) is 0 Å². The van der Waals surface area contributed by atoms with Crippen molar-refractivity contribution in [3.8, 4) is 0 Å². The summed E-state index contributed by atoms with van der Waals surface area (Å²) in [6.45, 7) is 5.00. The molecule has 2 heteroatoms. The second-order valence-electron chi connectivity index (χ2n) is 6.35. The maximum atomic E-state index is 3.61. The second kappa shape index (κ2) is 7.49. The average molecular weight is 252 g/mol. The van der Waals surface area contributed by atoms with Gasteiger partial charge in [-0.3, -0.25) is 4.90 Å². The van der Waals surface area contributed by atoms with Crippen molar-refractivity contribution < 1.29 is 0 Å². The van der Waals surface area contributed by atoms with Gasteiger partial charge in [-0.15, -0.1) is 0 Å². The summed E-state index contributed by atoms with van der Waals surface area (Å²) in [5.74, 6) is 0.941. The van der Waals surface area contributed by atoms with Crippen molar-refractivity contribution in [3.63, 3.8) is 0 Å². The molecule has 0 aromatic carbocycles. The fourth-order valence-electron chi connectivity index (χ4n) is 4.03. The van der Waals surface area contributed by atoms with Gasteiger partial charge >= 0.3 is 0 Å². The number of likely N-dealkylation sites (tertiary alicyclic amines) is 1. The van der Waals surface area contributed by atoms with E-state index in [-0.39, 0.29) is 0 Å². The Kier molecular flexibility index (Phi) is 5.97. The molecule has 1 aliphatic carbocycles. The van der Waals surface area contributed by atoms with Gasteiger partial charge in [-0.25, -0.2) is 0 Å². The van der Waals surface area contributed by atoms with E-state index in [0.717, 1.165) is 18.0 Å². The Morgan fingerprint density at radius 1 is 1.06 bits per heavy atom. The van der Waals surface area contributed by atoms with Gasteiger partial charge < -0.3 is 5.32 Å². The highest BCUT2D eigenvalue weighted by Gasteiger charge is 2.28. The number of nitrogens with one attached hydrogen (secondary N) is 1. The maximum Gasteiger partial charge on any atom is 0.0220 e. The highest BCUT2D eigenvalue weighted by atomic mass is 15.2. The Morgan fingerprint density at radius 3 is 2.44 bits per heavy atom. The van der Waals surface area contributed by atoms with E-state index in [2.05, 4.69) is 24.2 Å². The lowest BCUT2D eigenvalue weighted by Crippen LogP contribution is -2.47. The lowest BCUT2D eigenvalue weighted by Gasteiger charge is -2.34. The van der Waals surface area contributed by atoms with Crippen molar-refractivity contribution in [1.82, 2.24) is 10.2 Å². The van der Waals surface area contributed by atoms with Crippen LogP contribution in [0.4, 0.5) is 0 Å². The Morgan fingerprint density at radius 2 is 1.78 bits per heavy atom. The summed E-state index contributed by atoms with van der Waals surface area (Å²) in [6.07, 6.45) is 12.9. The molecule has 106 valence electrons. The van der Waals surface area contributed by atoms with Gasteiger partial charge in [-0.2, -0.15) is 0 Å². The van der Waals surface area contributed by atoms with E-state index >= 15 is 0 Å². The topological polar surface area (TPSA) is 15.3 Å². The summed E-state index contributed by atoms with van der Waals surface area (Å²) in [5.41, 5.74) is 0. The zero-order chi connectivity index (χ0) is 12.8. The first-order valence-electron chi connectivity index (χ1n) is 8.26. The first kappa shape index (κ1) is 14.3. The third-order valence-electron chi connectivity index (χ3n) is 5.24. The summed E-state index contributed by atoms with van der Waals surface area (Å²) in [4.78, 5) is 2.80. The van der Waals surface area contributed by atoms with Crippen LogP contribution in [0, 0.1) is 5.92 Å². The third-order valence-corrected chi connectivity index (χ3v) is 5.24. The van der Waals surface area contributed by atoms with Crippen LogP contribution < -0.4 is 5.32 Å². The highest BCUT2D eigenvalue weighted by Crippen LogP contribution is 2.29. The largest absolute Gasteiger partial charge is 0.315 e. The quantitative estimate of drug-likeness (QED) is 0.806. The summed E-state index contributed by atoms with van der Waals surface area (Å²) in [6, 6.07) is 1.59. The van der Waals surface area contributed by atoms with Crippen molar-refractivity contribution in [2.75, 3.05) is 20.1 Å². The van der Waals surface area contributed by atoms with Crippen LogP contribution in [0.25, 0.3) is 0 Å². The molecule has 2 nitrogen and oxygen atoms in total. The number of likely N-dealkylation sites (N-methyl/N-ethyl adjacent to an activating group) is 1. The third kappa shape index (κ3) is 3.71. The van der Waals surface area contributed by atoms with Crippen molar-refractivity contribution in [3.05, 3.63) is 0 Å². The minimum atomic E-state index is 0.736. The number of nitrogens with zero attached hydrogens (tertiary/aromatic N) is 1. The molecular weight excluding hydrogens is 220 g/mol. The van der Waals surface area contributed by atoms with E-state index in [1.54, 1.807) is 0 Å². The summed E-state index contributed by atoms with van der Waals surface area (Å²) in [5, 5.41) is 3.61. The fourth-order valence-corrected chi connectivity index (χ4v) is 4.03. The molecule has 1 saturated carbocycles. The Balaban J connectivity index is 1.90. The average Bonchev–Trinajstić information content (AvgIpc) is 2.83. The standard InChI is InChI=1S/C16H32N2/c1-3-15-11-5-4-8-12-18(15)13-16(17-2)14-9-6-7-10-14/h14-17H,3-13H2,1-2H3. The van der Waals surface area contributed by atoms with Crippen LogP contribution >= 0.6 is 0 Å². The molecule has 1 N–H and O–H groups in total. The zero-order valence-corrected chi connectivity index (χ0v) is 12.5. The van der Waals surface area contributed by atoms with Crippen molar-refractivity contribution in [2.24, 2.45) is 5.92 Å². The first-order chi connectivity index (χ1) is 8.85. The zero-order valence-electron chi connectivity index (χ0n) is 12.5. The molecule has 18 heavy (non-hydrogen) atoms. The molecule has 2 fully saturated rings. The fraction of sp³-hybridized carbons (Fsp3) is 1.00. The van der Waals surface area contributed by atoms with Gasteiger partial charge in [0.25, 0.3) is 0 Å². The van der Waals surface area contributed by atoms with Crippen LogP contribution in [0.1, 0.15) is 64.7 Å². The predicted octanol–water partition coefficient (Wildman–Crippen LogP) is 3.42. The molecule has 1 aliphatic heterocycles. The van der Waals surface area contributed by atoms with Gasteiger partial charge in [0.1, 0.15) is 0 Å². The molecule has 1 saturated heterocycles. The van der Waals surface area contributed by atoms with Crippen molar-refractivity contribution in [2.45, 2.75) is 76.8 Å². The molecule has 0 radical (unpaired) electrons. The lowest BCUT2D eigenvalue weighted by atomic mass is 9.96. The Bertz CT molecular complexity index is 223. The summed E-state index contributed by atoms with van der Waals surface area (Å²) < 4.78 is 0. The van der Waals surface area contributed by atoms with Crippen LogP contribution in [0.5, 0.6) is 0 Å². The molecule has 0 amide bonds. The van der Waals surface area contributed by atoms with Crippen LogP contribution in [-0.4, -0.2) is 37.1 Å². The monoisotopic (exact) mass is 252 g/mol. The van der Waals surface area contributed by atoms with Crippen LogP contribution in [-0.2, 0) is 0 Å². The van der Waals surface area contributed by atoms with Crippen LogP contribution in [0.15, 0.2) is 0 Å². The molecule has 2 aliphatic rings. The molecular formula is C16H32N2. The molecule has 0 spiro atoms. The van der Waals surface area contributed by atoms with Gasteiger partial charge in [0.2, 0.25) is 0 Å². The number of hydrogen-bond acceptors (Lipinski definition) is 2. The summed E-state index contributed by atoms with van der Waals surface area (Å²) >= 11 is 0. The van der Waals surface area contributed by atoms with E-state index < -0.39 is 0 Å². The van der Waals surface area contributed by atoms with E-state index in [1.807, 2.05) is 0 Å². The Hall–Kier alpha value is -0.0800.